The summed E-state index contributed by atoms with van der Waals surface area (Å²) in [5.41, 5.74) is 2.95. The van der Waals surface area contributed by atoms with E-state index >= 15 is 0 Å². The van der Waals surface area contributed by atoms with E-state index in [9.17, 15) is 0 Å². The Morgan fingerprint density at radius 2 is 1.90 bits per heavy atom. The highest BCUT2D eigenvalue weighted by molar-refractivity contribution is 6.31. The summed E-state index contributed by atoms with van der Waals surface area (Å²) in [6.45, 7) is 10.0. The van der Waals surface area contributed by atoms with Gasteiger partial charge in [0.1, 0.15) is 5.75 Å². The number of halogens is 1. The van der Waals surface area contributed by atoms with Crippen molar-refractivity contribution in [3.8, 4) is 5.75 Å². The molecule has 1 heterocycles. The van der Waals surface area contributed by atoms with Crippen LogP contribution in [0, 0.1) is 0 Å². The summed E-state index contributed by atoms with van der Waals surface area (Å²) in [5.74, 6) is 0.835. The fourth-order valence-electron chi connectivity index (χ4n) is 3.81. The zero-order chi connectivity index (χ0) is 20.8. The number of nitrogens with zero attached hydrogens (tertiary/aromatic N) is 2. The van der Waals surface area contributed by atoms with Gasteiger partial charge in [0.25, 0.3) is 0 Å². The second-order valence-electron chi connectivity index (χ2n) is 7.60. The van der Waals surface area contributed by atoms with Crippen LogP contribution in [0.15, 0.2) is 36.4 Å². The molecule has 2 aromatic carbocycles. The molecule has 0 saturated heterocycles. The van der Waals surface area contributed by atoms with Crippen molar-refractivity contribution < 1.29 is 4.74 Å². The summed E-state index contributed by atoms with van der Waals surface area (Å²) in [6, 6.07) is 12.5. The minimum atomic E-state index is 0.629. The number of rotatable bonds is 10. The first-order valence-corrected chi connectivity index (χ1v) is 11.0. The van der Waals surface area contributed by atoms with Gasteiger partial charge in [-0.3, -0.25) is 0 Å². The standard InChI is InChI=1S/C24H32ClN3O/c1-5-13-28(17(3)6-2)14-7-12-26-24-20-10-8-18(25)15-23(20)27-22-11-9-19(29-4)16-21(22)24/h8-11,15-17H,5-7,12-14H2,1-4H3,(H,26,27). The Morgan fingerprint density at radius 3 is 2.62 bits per heavy atom. The zero-order valence-electron chi connectivity index (χ0n) is 18.0. The molecular weight excluding hydrogens is 382 g/mol. The molecule has 29 heavy (non-hydrogen) atoms. The molecule has 0 bridgehead atoms. The number of nitrogens with one attached hydrogen (secondary N) is 1. The van der Waals surface area contributed by atoms with Gasteiger partial charge in [0.2, 0.25) is 0 Å². The Balaban J connectivity index is 1.86. The predicted molar refractivity (Wildman–Crippen MR) is 126 cm³/mol. The van der Waals surface area contributed by atoms with Gasteiger partial charge in [-0.25, -0.2) is 4.98 Å². The van der Waals surface area contributed by atoms with Gasteiger partial charge in [-0.15, -0.1) is 0 Å². The average molecular weight is 414 g/mol. The van der Waals surface area contributed by atoms with E-state index in [0.717, 1.165) is 59.3 Å². The number of anilines is 1. The molecule has 156 valence electrons. The van der Waals surface area contributed by atoms with Crippen molar-refractivity contribution in [2.45, 2.75) is 46.1 Å². The van der Waals surface area contributed by atoms with E-state index in [1.54, 1.807) is 7.11 Å². The van der Waals surface area contributed by atoms with Crippen molar-refractivity contribution in [2.75, 3.05) is 32.1 Å². The molecular formula is C24H32ClN3O. The van der Waals surface area contributed by atoms with Crippen LogP contribution < -0.4 is 10.1 Å². The molecule has 0 radical (unpaired) electrons. The fraction of sp³-hybridized carbons (Fsp3) is 0.458. The van der Waals surface area contributed by atoms with E-state index in [2.05, 4.69) is 43.1 Å². The molecule has 1 unspecified atom stereocenters. The predicted octanol–water partition coefficient (Wildman–Crippen LogP) is 6.36. The Labute approximate surface area is 179 Å². The van der Waals surface area contributed by atoms with Crippen molar-refractivity contribution in [1.29, 1.82) is 0 Å². The van der Waals surface area contributed by atoms with E-state index in [1.807, 2.05) is 24.3 Å². The van der Waals surface area contributed by atoms with Crippen LogP contribution in [0.3, 0.4) is 0 Å². The van der Waals surface area contributed by atoms with Gasteiger partial charge in [-0.1, -0.05) is 25.4 Å². The van der Waals surface area contributed by atoms with Gasteiger partial charge in [0.05, 0.1) is 23.8 Å². The quantitative estimate of drug-likeness (QED) is 0.310. The van der Waals surface area contributed by atoms with Crippen LogP contribution in [-0.4, -0.2) is 42.7 Å². The monoisotopic (exact) mass is 413 g/mol. The highest BCUT2D eigenvalue weighted by Crippen LogP contribution is 2.34. The maximum absolute atomic E-state index is 6.22. The molecule has 3 rings (SSSR count). The number of ether oxygens (including phenoxy) is 1. The first-order chi connectivity index (χ1) is 14.1. The lowest BCUT2D eigenvalue weighted by atomic mass is 10.1. The topological polar surface area (TPSA) is 37.4 Å². The number of benzene rings is 2. The molecule has 4 nitrogen and oxygen atoms in total. The minimum Gasteiger partial charge on any atom is -0.497 e. The van der Waals surface area contributed by atoms with Crippen LogP contribution in [-0.2, 0) is 0 Å². The number of methoxy groups -OCH3 is 1. The maximum Gasteiger partial charge on any atom is 0.119 e. The lowest BCUT2D eigenvalue weighted by Gasteiger charge is -2.28. The van der Waals surface area contributed by atoms with Crippen molar-refractivity contribution >= 4 is 39.1 Å². The molecule has 0 saturated carbocycles. The average Bonchev–Trinajstić information content (AvgIpc) is 2.74. The second kappa shape index (κ2) is 10.1. The number of hydrogen-bond donors (Lipinski definition) is 1. The van der Waals surface area contributed by atoms with Crippen LogP contribution >= 0.6 is 11.6 Å². The number of fused-ring (bicyclic) bond motifs is 2. The summed E-state index contributed by atoms with van der Waals surface area (Å²) in [5, 5.41) is 6.55. The van der Waals surface area contributed by atoms with Crippen LogP contribution in [0.25, 0.3) is 21.8 Å². The molecule has 3 aromatic rings. The summed E-state index contributed by atoms with van der Waals surface area (Å²) < 4.78 is 5.45. The molecule has 5 heteroatoms. The van der Waals surface area contributed by atoms with Gasteiger partial charge >= 0.3 is 0 Å². The summed E-state index contributed by atoms with van der Waals surface area (Å²) in [7, 11) is 1.69. The lowest BCUT2D eigenvalue weighted by molar-refractivity contribution is 0.203. The van der Waals surface area contributed by atoms with Gasteiger partial charge in [0, 0.05) is 34.9 Å². The van der Waals surface area contributed by atoms with Crippen molar-refractivity contribution in [3.05, 3.63) is 41.4 Å². The molecule has 1 atom stereocenters. The Bertz CT molecular complexity index is 960. The molecule has 0 spiro atoms. The van der Waals surface area contributed by atoms with Gasteiger partial charge in [-0.05, 0) is 69.1 Å². The molecule has 0 fully saturated rings. The van der Waals surface area contributed by atoms with Crippen LogP contribution in [0.5, 0.6) is 5.75 Å². The number of hydrogen-bond acceptors (Lipinski definition) is 4. The lowest BCUT2D eigenvalue weighted by Crippen LogP contribution is -2.34. The van der Waals surface area contributed by atoms with E-state index in [1.165, 1.54) is 12.8 Å². The van der Waals surface area contributed by atoms with E-state index in [-0.39, 0.29) is 0 Å². The third-order valence-electron chi connectivity index (χ3n) is 5.59. The smallest absolute Gasteiger partial charge is 0.119 e. The van der Waals surface area contributed by atoms with Gasteiger partial charge in [-0.2, -0.15) is 0 Å². The SMILES string of the molecule is CCCN(CCCNc1c2ccc(Cl)cc2nc2ccc(OC)cc12)C(C)CC. The van der Waals surface area contributed by atoms with Crippen LogP contribution in [0.2, 0.25) is 5.02 Å². The van der Waals surface area contributed by atoms with Gasteiger partial charge < -0.3 is 15.0 Å². The van der Waals surface area contributed by atoms with Crippen molar-refractivity contribution in [2.24, 2.45) is 0 Å². The minimum absolute atomic E-state index is 0.629. The molecule has 0 aliphatic rings. The molecule has 1 aromatic heterocycles. The molecule has 0 amide bonds. The number of pyridine rings is 1. The second-order valence-corrected chi connectivity index (χ2v) is 8.04. The van der Waals surface area contributed by atoms with Crippen LogP contribution in [0.4, 0.5) is 5.69 Å². The third kappa shape index (κ3) is 5.12. The Morgan fingerprint density at radius 1 is 1.07 bits per heavy atom. The molecule has 0 aliphatic heterocycles. The zero-order valence-corrected chi connectivity index (χ0v) is 18.7. The first-order valence-electron chi connectivity index (χ1n) is 10.6. The van der Waals surface area contributed by atoms with E-state index in [4.69, 9.17) is 21.3 Å². The fourth-order valence-corrected chi connectivity index (χ4v) is 3.97. The first kappa shape index (κ1) is 21.7. The largest absolute Gasteiger partial charge is 0.497 e. The number of aromatic nitrogens is 1. The summed E-state index contributed by atoms with van der Waals surface area (Å²) in [6.07, 6.45) is 3.47. The highest BCUT2D eigenvalue weighted by Gasteiger charge is 2.13. The normalized spacial score (nSPS) is 12.6. The molecule has 1 N–H and O–H groups in total. The Hall–Kier alpha value is -2.04. The summed E-state index contributed by atoms with van der Waals surface area (Å²) >= 11 is 6.22. The van der Waals surface area contributed by atoms with E-state index in [0.29, 0.717) is 11.1 Å². The third-order valence-corrected chi connectivity index (χ3v) is 5.83. The molecule has 0 aliphatic carbocycles. The maximum atomic E-state index is 6.22. The van der Waals surface area contributed by atoms with Crippen LogP contribution in [0.1, 0.15) is 40.0 Å². The van der Waals surface area contributed by atoms with E-state index < -0.39 is 0 Å². The highest BCUT2D eigenvalue weighted by atomic mass is 35.5. The summed E-state index contributed by atoms with van der Waals surface area (Å²) in [4.78, 5) is 7.39. The van der Waals surface area contributed by atoms with Gasteiger partial charge in [0.15, 0.2) is 0 Å². The van der Waals surface area contributed by atoms with Crippen molar-refractivity contribution in [1.82, 2.24) is 9.88 Å². The Kier molecular flexibility index (Phi) is 7.57. The van der Waals surface area contributed by atoms with Crippen molar-refractivity contribution in [3.63, 3.8) is 0 Å².